The van der Waals surface area contributed by atoms with Gasteiger partial charge in [-0.3, -0.25) is 14.9 Å². The Morgan fingerprint density at radius 2 is 1.81 bits per heavy atom. The molecule has 0 spiro atoms. The second-order valence-electron chi connectivity index (χ2n) is 6.05. The van der Waals surface area contributed by atoms with Crippen LogP contribution in [0.25, 0.3) is 0 Å². The summed E-state index contributed by atoms with van der Waals surface area (Å²) in [5.41, 5.74) is 1.69. The number of fused-ring (bicyclic) bond motifs is 1. The highest BCUT2D eigenvalue weighted by Gasteiger charge is 2.27. The SMILES string of the molecule is CCOC(=O)NC(=O)c1c(NC(=O)c2ccc(Cl)cc2)sc2c1CCCC2. The minimum Gasteiger partial charge on any atom is -0.450 e. The normalized spacial score (nSPS) is 12.8. The van der Waals surface area contributed by atoms with Gasteiger partial charge in [-0.25, -0.2) is 4.79 Å². The Balaban J connectivity index is 1.88. The first-order valence-electron chi connectivity index (χ1n) is 8.69. The molecule has 1 heterocycles. The standard InChI is InChI=1S/C19H19ClN2O4S/c1-2-26-19(25)22-17(24)15-13-5-3-4-6-14(13)27-18(15)21-16(23)11-7-9-12(20)10-8-11/h7-10H,2-6H2,1H3,(H,21,23)(H,22,24,25). The number of thiophene rings is 1. The number of rotatable bonds is 4. The van der Waals surface area contributed by atoms with Crippen molar-refractivity contribution >= 4 is 45.8 Å². The lowest BCUT2D eigenvalue weighted by molar-refractivity contribution is 0.0925. The number of nitrogens with one attached hydrogen (secondary N) is 2. The summed E-state index contributed by atoms with van der Waals surface area (Å²) in [6, 6.07) is 6.49. The number of hydrogen-bond acceptors (Lipinski definition) is 5. The third-order valence-electron chi connectivity index (χ3n) is 4.22. The van der Waals surface area contributed by atoms with Crippen LogP contribution in [-0.2, 0) is 17.6 Å². The first kappa shape index (κ1) is 19.4. The van der Waals surface area contributed by atoms with Gasteiger partial charge in [-0.2, -0.15) is 0 Å². The average molecular weight is 407 g/mol. The van der Waals surface area contributed by atoms with Gasteiger partial charge in [0.25, 0.3) is 11.8 Å². The Hall–Kier alpha value is -2.38. The molecular formula is C19H19ClN2O4S. The summed E-state index contributed by atoms with van der Waals surface area (Å²) in [6.45, 7) is 1.83. The Bertz CT molecular complexity index is 877. The van der Waals surface area contributed by atoms with Crippen molar-refractivity contribution in [2.24, 2.45) is 0 Å². The van der Waals surface area contributed by atoms with E-state index < -0.39 is 12.0 Å². The Morgan fingerprint density at radius 1 is 1.11 bits per heavy atom. The molecule has 1 aromatic heterocycles. The van der Waals surface area contributed by atoms with Gasteiger partial charge < -0.3 is 10.1 Å². The summed E-state index contributed by atoms with van der Waals surface area (Å²) >= 11 is 7.25. The molecule has 0 fully saturated rings. The summed E-state index contributed by atoms with van der Waals surface area (Å²) in [5.74, 6) is -0.894. The molecule has 2 aromatic rings. The third-order valence-corrected chi connectivity index (χ3v) is 5.68. The maximum Gasteiger partial charge on any atom is 0.414 e. The van der Waals surface area contributed by atoms with Crippen LogP contribution in [-0.4, -0.2) is 24.5 Å². The lowest BCUT2D eigenvalue weighted by atomic mass is 9.95. The molecule has 1 aliphatic carbocycles. The summed E-state index contributed by atoms with van der Waals surface area (Å²) < 4.78 is 4.79. The van der Waals surface area contributed by atoms with E-state index in [4.69, 9.17) is 16.3 Å². The molecule has 0 saturated carbocycles. The molecule has 142 valence electrons. The highest BCUT2D eigenvalue weighted by Crippen LogP contribution is 2.38. The molecule has 0 unspecified atom stereocenters. The summed E-state index contributed by atoms with van der Waals surface area (Å²) in [7, 11) is 0. The molecule has 1 aromatic carbocycles. The molecule has 27 heavy (non-hydrogen) atoms. The predicted molar refractivity (Wildman–Crippen MR) is 105 cm³/mol. The number of aryl methyl sites for hydroxylation is 1. The lowest BCUT2D eigenvalue weighted by Crippen LogP contribution is -2.32. The van der Waals surface area contributed by atoms with Crippen molar-refractivity contribution in [3.8, 4) is 0 Å². The number of ether oxygens (including phenoxy) is 1. The van der Waals surface area contributed by atoms with Crippen LogP contribution >= 0.6 is 22.9 Å². The van der Waals surface area contributed by atoms with E-state index >= 15 is 0 Å². The van der Waals surface area contributed by atoms with Gasteiger partial charge in [0.15, 0.2) is 0 Å². The van der Waals surface area contributed by atoms with Gasteiger partial charge in [0.05, 0.1) is 12.2 Å². The van der Waals surface area contributed by atoms with Crippen LogP contribution in [0, 0.1) is 0 Å². The van der Waals surface area contributed by atoms with Crippen molar-refractivity contribution in [1.82, 2.24) is 5.32 Å². The summed E-state index contributed by atoms with van der Waals surface area (Å²) in [4.78, 5) is 38.0. The van der Waals surface area contributed by atoms with Gasteiger partial charge in [0.1, 0.15) is 5.00 Å². The number of halogens is 1. The van der Waals surface area contributed by atoms with Gasteiger partial charge in [0, 0.05) is 15.5 Å². The molecule has 0 aliphatic heterocycles. The van der Waals surface area contributed by atoms with Gasteiger partial charge in [-0.05, 0) is 62.4 Å². The number of anilines is 1. The van der Waals surface area contributed by atoms with Gasteiger partial charge in [-0.1, -0.05) is 11.6 Å². The zero-order valence-electron chi connectivity index (χ0n) is 14.8. The Labute approximate surface area is 165 Å². The van der Waals surface area contributed by atoms with E-state index in [9.17, 15) is 14.4 Å². The maximum absolute atomic E-state index is 12.7. The molecule has 2 N–H and O–H groups in total. The fourth-order valence-electron chi connectivity index (χ4n) is 2.99. The number of hydrogen-bond donors (Lipinski definition) is 2. The van der Waals surface area contributed by atoms with Crippen LogP contribution in [0.15, 0.2) is 24.3 Å². The van der Waals surface area contributed by atoms with Crippen molar-refractivity contribution in [2.45, 2.75) is 32.6 Å². The van der Waals surface area contributed by atoms with Crippen LogP contribution < -0.4 is 10.6 Å². The summed E-state index contributed by atoms with van der Waals surface area (Å²) in [5, 5.41) is 6.03. The molecule has 0 radical (unpaired) electrons. The first-order valence-corrected chi connectivity index (χ1v) is 9.88. The molecule has 6 nitrogen and oxygen atoms in total. The van der Waals surface area contributed by atoms with E-state index in [1.807, 2.05) is 0 Å². The van der Waals surface area contributed by atoms with E-state index in [0.29, 0.717) is 21.2 Å². The van der Waals surface area contributed by atoms with E-state index in [1.165, 1.54) is 11.3 Å². The maximum atomic E-state index is 12.7. The minimum absolute atomic E-state index is 0.168. The molecule has 1 aliphatic rings. The highest BCUT2D eigenvalue weighted by molar-refractivity contribution is 7.17. The van der Waals surface area contributed by atoms with Crippen LogP contribution in [0.4, 0.5) is 9.80 Å². The Kier molecular flexibility index (Phi) is 6.13. The van der Waals surface area contributed by atoms with Crippen molar-refractivity contribution < 1.29 is 19.1 Å². The van der Waals surface area contributed by atoms with Crippen LogP contribution in [0.1, 0.15) is 50.9 Å². The number of amides is 3. The first-order chi connectivity index (χ1) is 13.0. The zero-order valence-corrected chi connectivity index (χ0v) is 16.3. The van der Waals surface area contributed by atoms with Gasteiger partial charge >= 0.3 is 6.09 Å². The average Bonchev–Trinajstić information content (AvgIpc) is 3.00. The van der Waals surface area contributed by atoms with Crippen LogP contribution in [0.5, 0.6) is 0 Å². The largest absolute Gasteiger partial charge is 0.450 e. The molecule has 3 rings (SSSR count). The molecule has 0 atom stereocenters. The third kappa shape index (κ3) is 4.48. The molecule has 3 amide bonds. The zero-order chi connectivity index (χ0) is 19.4. The number of carbonyl (C=O) groups excluding carboxylic acids is 3. The van der Waals surface area contributed by atoms with Crippen molar-refractivity contribution in [3.05, 3.63) is 50.9 Å². The molecule has 0 bridgehead atoms. The van der Waals surface area contributed by atoms with E-state index in [0.717, 1.165) is 36.1 Å². The van der Waals surface area contributed by atoms with E-state index in [-0.39, 0.29) is 12.5 Å². The number of imide groups is 1. The fourth-order valence-corrected chi connectivity index (χ4v) is 4.40. The highest BCUT2D eigenvalue weighted by atomic mass is 35.5. The fraction of sp³-hybridized carbons (Fsp3) is 0.316. The minimum atomic E-state index is -0.798. The quantitative estimate of drug-likeness (QED) is 0.787. The van der Waals surface area contributed by atoms with Gasteiger partial charge in [-0.15, -0.1) is 11.3 Å². The molecular weight excluding hydrogens is 388 g/mol. The Morgan fingerprint density at radius 3 is 2.52 bits per heavy atom. The van der Waals surface area contributed by atoms with E-state index in [2.05, 4.69) is 10.6 Å². The number of carbonyl (C=O) groups is 3. The van der Waals surface area contributed by atoms with Crippen molar-refractivity contribution in [1.29, 1.82) is 0 Å². The number of benzene rings is 1. The topological polar surface area (TPSA) is 84.5 Å². The smallest absolute Gasteiger partial charge is 0.414 e. The number of alkyl carbamates (subject to hydrolysis) is 1. The molecule has 8 heteroatoms. The van der Waals surface area contributed by atoms with Crippen LogP contribution in [0.2, 0.25) is 5.02 Å². The van der Waals surface area contributed by atoms with Crippen LogP contribution in [0.3, 0.4) is 0 Å². The van der Waals surface area contributed by atoms with E-state index in [1.54, 1.807) is 31.2 Å². The molecule has 0 saturated heterocycles. The lowest BCUT2D eigenvalue weighted by Gasteiger charge is -2.13. The second kappa shape index (κ2) is 8.54. The summed E-state index contributed by atoms with van der Waals surface area (Å²) in [6.07, 6.45) is 2.81. The monoisotopic (exact) mass is 406 g/mol. The van der Waals surface area contributed by atoms with Crippen molar-refractivity contribution in [2.75, 3.05) is 11.9 Å². The predicted octanol–water partition coefficient (Wildman–Crippen LogP) is 4.42. The second-order valence-corrected chi connectivity index (χ2v) is 7.59. The van der Waals surface area contributed by atoms with Crippen molar-refractivity contribution in [3.63, 3.8) is 0 Å². The van der Waals surface area contributed by atoms with Gasteiger partial charge in [0.2, 0.25) is 0 Å².